The molecule has 1 saturated heterocycles. The molecule has 0 bridgehead atoms. The summed E-state index contributed by atoms with van der Waals surface area (Å²) in [6, 6.07) is 0.715. The second-order valence-corrected chi connectivity index (χ2v) is 4.95. The second kappa shape index (κ2) is 4.14. The van der Waals surface area contributed by atoms with Crippen LogP contribution in [0.3, 0.4) is 0 Å². The summed E-state index contributed by atoms with van der Waals surface area (Å²) in [5.41, 5.74) is 0. The lowest BCUT2D eigenvalue weighted by Gasteiger charge is -2.40. The van der Waals surface area contributed by atoms with Gasteiger partial charge in [0.1, 0.15) is 12.2 Å². The predicted octanol–water partition coefficient (Wildman–Crippen LogP) is 0.0917. The van der Waals surface area contributed by atoms with Crippen molar-refractivity contribution in [2.24, 2.45) is 5.92 Å². The van der Waals surface area contributed by atoms with E-state index in [1.165, 1.54) is 6.42 Å². The largest absolute Gasteiger partial charge is 0.316 e. The standard InChI is InChI=1S/C11H19N5/c1-9-6-12-3-2-10(9)15-4-5-16-8-13-14-11(16)7-15/h8-10,12H,2-7H2,1H3. The molecular weight excluding hydrogens is 202 g/mol. The van der Waals surface area contributed by atoms with Crippen molar-refractivity contribution >= 4 is 0 Å². The maximum atomic E-state index is 4.18. The predicted molar refractivity (Wildman–Crippen MR) is 60.9 cm³/mol. The third kappa shape index (κ3) is 1.74. The summed E-state index contributed by atoms with van der Waals surface area (Å²) < 4.78 is 2.17. The average molecular weight is 221 g/mol. The monoisotopic (exact) mass is 221 g/mol. The van der Waals surface area contributed by atoms with E-state index >= 15 is 0 Å². The molecule has 5 nitrogen and oxygen atoms in total. The van der Waals surface area contributed by atoms with Gasteiger partial charge in [0, 0.05) is 19.1 Å². The molecule has 1 aromatic heterocycles. The molecule has 16 heavy (non-hydrogen) atoms. The van der Waals surface area contributed by atoms with Gasteiger partial charge >= 0.3 is 0 Å². The van der Waals surface area contributed by atoms with E-state index in [1.54, 1.807) is 0 Å². The maximum Gasteiger partial charge on any atom is 0.147 e. The molecule has 3 rings (SSSR count). The Hall–Kier alpha value is -0.940. The van der Waals surface area contributed by atoms with Gasteiger partial charge in [-0.2, -0.15) is 0 Å². The van der Waals surface area contributed by atoms with Crippen molar-refractivity contribution in [2.45, 2.75) is 32.5 Å². The van der Waals surface area contributed by atoms with E-state index < -0.39 is 0 Å². The Bertz CT molecular complexity index is 361. The van der Waals surface area contributed by atoms with Gasteiger partial charge < -0.3 is 9.88 Å². The van der Waals surface area contributed by atoms with Crippen LogP contribution in [0.5, 0.6) is 0 Å². The summed E-state index contributed by atoms with van der Waals surface area (Å²) in [7, 11) is 0. The first-order valence-electron chi connectivity index (χ1n) is 6.16. The molecule has 2 atom stereocenters. The third-order valence-electron chi connectivity index (χ3n) is 3.88. The van der Waals surface area contributed by atoms with E-state index in [0.717, 1.165) is 44.5 Å². The first-order valence-corrected chi connectivity index (χ1v) is 6.16. The summed E-state index contributed by atoms with van der Waals surface area (Å²) >= 11 is 0. The van der Waals surface area contributed by atoms with Gasteiger partial charge in [-0.15, -0.1) is 10.2 Å². The zero-order valence-electron chi connectivity index (χ0n) is 9.76. The molecule has 5 heteroatoms. The Balaban J connectivity index is 1.72. The van der Waals surface area contributed by atoms with Crippen molar-refractivity contribution in [3.05, 3.63) is 12.2 Å². The van der Waals surface area contributed by atoms with Crippen molar-refractivity contribution in [1.29, 1.82) is 0 Å². The quantitative estimate of drug-likeness (QED) is 0.730. The second-order valence-electron chi connectivity index (χ2n) is 4.95. The van der Waals surface area contributed by atoms with Gasteiger partial charge in [-0.3, -0.25) is 4.90 Å². The van der Waals surface area contributed by atoms with E-state index in [0.29, 0.717) is 6.04 Å². The lowest BCUT2D eigenvalue weighted by Crippen LogP contribution is -2.50. The van der Waals surface area contributed by atoms with Crippen molar-refractivity contribution in [1.82, 2.24) is 25.0 Å². The van der Waals surface area contributed by atoms with Crippen LogP contribution in [0, 0.1) is 5.92 Å². The smallest absolute Gasteiger partial charge is 0.147 e. The summed E-state index contributed by atoms with van der Waals surface area (Å²) in [4.78, 5) is 2.58. The number of hydrogen-bond acceptors (Lipinski definition) is 4. The molecule has 3 heterocycles. The van der Waals surface area contributed by atoms with Gasteiger partial charge in [-0.1, -0.05) is 6.92 Å². The molecule has 88 valence electrons. The van der Waals surface area contributed by atoms with Crippen LogP contribution >= 0.6 is 0 Å². The molecule has 2 aliphatic heterocycles. The van der Waals surface area contributed by atoms with E-state index in [1.807, 2.05) is 6.33 Å². The van der Waals surface area contributed by atoms with Gasteiger partial charge in [0.15, 0.2) is 0 Å². The normalized spacial score (nSPS) is 31.3. The summed E-state index contributed by atoms with van der Waals surface area (Å²) in [6.07, 6.45) is 3.10. The third-order valence-corrected chi connectivity index (χ3v) is 3.88. The van der Waals surface area contributed by atoms with E-state index in [-0.39, 0.29) is 0 Å². The number of nitrogens with one attached hydrogen (secondary N) is 1. The Morgan fingerprint density at radius 2 is 2.38 bits per heavy atom. The number of rotatable bonds is 1. The Kier molecular flexibility index (Phi) is 2.65. The molecule has 1 N–H and O–H groups in total. The Labute approximate surface area is 95.8 Å². The highest BCUT2D eigenvalue weighted by Gasteiger charge is 2.29. The maximum absolute atomic E-state index is 4.18. The summed E-state index contributed by atoms with van der Waals surface area (Å²) in [5, 5.41) is 11.6. The van der Waals surface area contributed by atoms with Crippen LogP contribution in [-0.2, 0) is 13.1 Å². The summed E-state index contributed by atoms with van der Waals surface area (Å²) in [5.74, 6) is 1.86. The lowest BCUT2D eigenvalue weighted by atomic mass is 9.93. The molecule has 1 fully saturated rings. The van der Waals surface area contributed by atoms with Gasteiger partial charge in [-0.05, 0) is 25.4 Å². The molecule has 2 unspecified atom stereocenters. The molecule has 0 saturated carbocycles. The highest BCUT2D eigenvalue weighted by molar-refractivity contribution is 4.93. The molecule has 0 amide bonds. The molecule has 0 spiro atoms. The highest BCUT2D eigenvalue weighted by Crippen LogP contribution is 2.21. The minimum absolute atomic E-state index is 0.715. The van der Waals surface area contributed by atoms with Crippen LogP contribution in [-0.4, -0.2) is 45.3 Å². The van der Waals surface area contributed by atoms with Crippen LogP contribution < -0.4 is 5.32 Å². The number of hydrogen-bond donors (Lipinski definition) is 1. The van der Waals surface area contributed by atoms with Crippen LogP contribution in [0.15, 0.2) is 6.33 Å². The fraction of sp³-hybridized carbons (Fsp3) is 0.818. The SMILES string of the molecule is CC1CNCCC1N1CCn2cnnc2C1. The van der Waals surface area contributed by atoms with Crippen LogP contribution in [0.25, 0.3) is 0 Å². The fourth-order valence-corrected chi connectivity index (χ4v) is 2.91. The highest BCUT2D eigenvalue weighted by atomic mass is 15.3. The molecular formula is C11H19N5. The summed E-state index contributed by atoms with van der Waals surface area (Å²) in [6.45, 7) is 7.79. The Morgan fingerprint density at radius 1 is 1.44 bits per heavy atom. The molecule has 0 aliphatic carbocycles. The van der Waals surface area contributed by atoms with Gasteiger partial charge in [0.2, 0.25) is 0 Å². The van der Waals surface area contributed by atoms with Gasteiger partial charge in [0.25, 0.3) is 0 Å². The number of aromatic nitrogens is 3. The topological polar surface area (TPSA) is 46.0 Å². The van der Waals surface area contributed by atoms with Crippen LogP contribution in [0.4, 0.5) is 0 Å². The van der Waals surface area contributed by atoms with Crippen molar-refractivity contribution in [3.63, 3.8) is 0 Å². The van der Waals surface area contributed by atoms with E-state index in [9.17, 15) is 0 Å². The first-order chi connectivity index (χ1) is 7.84. The first kappa shape index (κ1) is 10.2. The zero-order chi connectivity index (χ0) is 11.0. The minimum Gasteiger partial charge on any atom is -0.316 e. The fourth-order valence-electron chi connectivity index (χ4n) is 2.91. The van der Waals surface area contributed by atoms with E-state index in [4.69, 9.17) is 0 Å². The van der Waals surface area contributed by atoms with Crippen LogP contribution in [0.2, 0.25) is 0 Å². The van der Waals surface area contributed by atoms with Crippen molar-refractivity contribution in [3.8, 4) is 0 Å². The lowest BCUT2D eigenvalue weighted by molar-refractivity contribution is 0.0906. The Morgan fingerprint density at radius 3 is 3.25 bits per heavy atom. The molecule has 2 aliphatic rings. The number of nitrogens with zero attached hydrogens (tertiary/aromatic N) is 4. The molecule has 1 aromatic rings. The zero-order valence-corrected chi connectivity index (χ0v) is 9.76. The van der Waals surface area contributed by atoms with Crippen molar-refractivity contribution < 1.29 is 0 Å². The number of fused-ring (bicyclic) bond motifs is 1. The van der Waals surface area contributed by atoms with Gasteiger partial charge in [0.05, 0.1) is 6.54 Å². The van der Waals surface area contributed by atoms with Crippen LogP contribution in [0.1, 0.15) is 19.2 Å². The number of piperidine rings is 1. The van der Waals surface area contributed by atoms with E-state index in [2.05, 4.69) is 31.9 Å². The average Bonchev–Trinajstić information content (AvgIpc) is 2.76. The minimum atomic E-state index is 0.715. The molecule has 0 radical (unpaired) electrons. The van der Waals surface area contributed by atoms with Crippen molar-refractivity contribution in [2.75, 3.05) is 19.6 Å². The molecule has 0 aromatic carbocycles. The van der Waals surface area contributed by atoms with Gasteiger partial charge in [-0.25, -0.2) is 0 Å².